The number of hydrogen-bond acceptors (Lipinski definition) is 6. The molecule has 1 atom stereocenters. The van der Waals surface area contributed by atoms with Gasteiger partial charge in [0.25, 0.3) is 11.6 Å². The highest BCUT2D eigenvalue weighted by molar-refractivity contribution is 6.00. The normalized spacial score (nSPS) is 19.6. The van der Waals surface area contributed by atoms with Gasteiger partial charge in [-0.2, -0.15) is 5.10 Å². The second kappa shape index (κ2) is 8.46. The zero-order valence-corrected chi connectivity index (χ0v) is 18.6. The van der Waals surface area contributed by atoms with Crippen LogP contribution in [0.2, 0.25) is 0 Å². The van der Waals surface area contributed by atoms with Crippen LogP contribution in [0, 0.1) is 15.5 Å². The average Bonchev–Trinajstić information content (AvgIpc) is 3.38. The molecule has 2 aromatic rings. The highest BCUT2D eigenvalue weighted by Crippen LogP contribution is 2.42. The first kappa shape index (κ1) is 22.1. The van der Waals surface area contributed by atoms with Crippen LogP contribution in [0.1, 0.15) is 84.7 Å². The third kappa shape index (κ3) is 4.04. The van der Waals surface area contributed by atoms with Crippen LogP contribution in [-0.4, -0.2) is 39.5 Å². The van der Waals surface area contributed by atoms with E-state index in [2.05, 4.69) is 5.32 Å². The Hall–Kier alpha value is -3.07. The second-order valence-electron chi connectivity index (χ2n) is 9.28. The van der Waals surface area contributed by atoms with Gasteiger partial charge in [0.05, 0.1) is 16.2 Å². The number of nitro groups is 1. The van der Waals surface area contributed by atoms with Crippen molar-refractivity contribution >= 4 is 17.4 Å². The number of nitrogens with one attached hydrogen (secondary N) is 1. The molecule has 1 saturated heterocycles. The van der Waals surface area contributed by atoms with Crippen molar-refractivity contribution in [3.05, 3.63) is 50.8 Å². The molecule has 0 spiro atoms. The van der Waals surface area contributed by atoms with Crippen LogP contribution in [0.3, 0.4) is 0 Å². The van der Waals surface area contributed by atoms with Gasteiger partial charge in [0.2, 0.25) is 0 Å². The Kier molecular flexibility index (Phi) is 5.85. The smallest absolute Gasteiger partial charge is 0.295 e. The monoisotopic (exact) mass is 440 g/mol. The van der Waals surface area contributed by atoms with Crippen molar-refractivity contribution < 1.29 is 19.2 Å². The van der Waals surface area contributed by atoms with Crippen LogP contribution >= 0.6 is 0 Å². The highest BCUT2D eigenvalue weighted by atomic mass is 16.6. The molecule has 1 aliphatic carbocycles. The van der Waals surface area contributed by atoms with Crippen molar-refractivity contribution in [2.45, 2.75) is 59.0 Å². The maximum absolute atomic E-state index is 13.1. The molecule has 1 aliphatic heterocycles. The number of fused-ring (bicyclic) bond motifs is 1. The minimum absolute atomic E-state index is 0.00813. The summed E-state index contributed by atoms with van der Waals surface area (Å²) in [6.45, 7) is 7.04. The van der Waals surface area contributed by atoms with Crippen molar-refractivity contribution in [3.63, 3.8) is 0 Å². The molecule has 4 rings (SSSR count). The number of amides is 1. The third-order valence-corrected chi connectivity index (χ3v) is 6.00. The first-order valence-corrected chi connectivity index (χ1v) is 11.1. The number of ether oxygens (including phenoxy) is 1. The van der Waals surface area contributed by atoms with Crippen LogP contribution < -0.4 is 5.32 Å². The molecule has 1 aromatic heterocycles. The zero-order chi connectivity index (χ0) is 23.0. The largest absolute Gasteiger partial charge is 0.372 e. The van der Waals surface area contributed by atoms with Gasteiger partial charge in [-0.3, -0.25) is 19.7 Å². The van der Waals surface area contributed by atoms with E-state index < -0.39 is 4.92 Å². The fourth-order valence-corrected chi connectivity index (χ4v) is 4.53. The SMILES string of the molecule is CCCNC(=O)c1ccc(-n2nc(C3CCCO3)c3c2CC(C)(C)CC3=O)c([N+](=O)[O-])c1. The summed E-state index contributed by atoms with van der Waals surface area (Å²) < 4.78 is 7.33. The molecule has 2 heterocycles. The van der Waals surface area contributed by atoms with E-state index in [0.717, 1.165) is 19.3 Å². The standard InChI is InChI=1S/C23H28N4O5/c1-4-9-24-22(29)14-7-8-15(16(11-14)27(30)31)26-17-12-23(2,3)13-18(28)20(17)21(25-26)19-6-5-10-32-19/h7-8,11,19H,4-6,9-10,12-13H2,1-3H3,(H,24,29). The van der Waals surface area contributed by atoms with Gasteiger partial charge in [0, 0.05) is 31.2 Å². The number of nitro benzene ring substituents is 1. The lowest BCUT2D eigenvalue weighted by molar-refractivity contribution is -0.384. The number of benzene rings is 1. The predicted octanol–water partition coefficient (Wildman–Crippen LogP) is 3.93. The third-order valence-electron chi connectivity index (χ3n) is 6.00. The van der Waals surface area contributed by atoms with Crippen LogP contribution in [0.5, 0.6) is 0 Å². The fraction of sp³-hybridized carbons (Fsp3) is 0.522. The first-order chi connectivity index (χ1) is 15.2. The van der Waals surface area contributed by atoms with Crippen LogP contribution in [0.25, 0.3) is 5.69 Å². The zero-order valence-electron chi connectivity index (χ0n) is 18.6. The molecular formula is C23H28N4O5. The lowest BCUT2D eigenvalue weighted by atomic mass is 9.75. The molecule has 1 fully saturated rings. The van der Waals surface area contributed by atoms with Gasteiger partial charge in [-0.15, -0.1) is 0 Å². The average molecular weight is 441 g/mol. The van der Waals surface area contributed by atoms with E-state index in [9.17, 15) is 19.7 Å². The number of ketones is 1. The van der Waals surface area contributed by atoms with E-state index >= 15 is 0 Å². The Bertz CT molecular complexity index is 1080. The van der Waals surface area contributed by atoms with Gasteiger partial charge in [0.1, 0.15) is 17.5 Å². The molecule has 0 saturated carbocycles. The van der Waals surface area contributed by atoms with Crippen LogP contribution in [0.4, 0.5) is 5.69 Å². The maximum atomic E-state index is 13.1. The minimum Gasteiger partial charge on any atom is -0.372 e. The number of rotatable bonds is 6. The number of carbonyl (C=O) groups excluding carboxylic acids is 2. The molecule has 32 heavy (non-hydrogen) atoms. The number of Topliss-reactive ketones (excluding diaryl/α,β-unsaturated/α-hetero) is 1. The molecule has 1 amide bonds. The Morgan fingerprint density at radius 3 is 2.81 bits per heavy atom. The van der Waals surface area contributed by atoms with E-state index in [4.69, 9.17) is 9.84 Å². The van der Waals surface area contributed by atoms with Crippen molar-refractivity contribution in [3.8, 4) is 5.69 Å². The van der Waals surface area contributed by atoms with Crippen molar-refractivity contribution in [2.75, 3.05) is 13.2 Å². The number of hydrogen-bond donors (Lipinski definition) is 1. The molecule has 0 bridgehead atoms. The minimum atomic E-state index is -0.512. The molecule has 2 aliphatic rings. The lowest BCUT2D eigenvalue weighted by Crippen LogP contribution is -2.28. The summed E-state index contributed by atoms with van der Waals surface area (Å²) in [5.41, 5.74) is 1.72. The summed E-state index contributed by atoms with van der Waals surface area (Å²) in [5.74, 6) is -0.369. The van der Waals surface area contributed by atoms with Crippen LogP contribution in [-0.2, 0) is 11.2 Å². The summed E-state index contributed by atoms with van der Waals surface area (Å²) in [7, 11) is 0. The van der Waals surface area contributed by atoms with Gasteiger partial charge in [-0.25, -0.2) is 4.68 Å². The van der Waals surface area contributed by atoms with Crippen molar-refractivity contribution in [1.29, 1.82) is 0 Å². The molecular weight excluding hydrogens is 412 g/mol. The Labute approximate surface area is 186 Å². The lowest BCUT2D eigenvalue weighted by Gasteiger charge is -2.29. The fourth-order valence-electron chi connectivity index (χ4n) is 4.53. The van der Waals surface area contributed by atoms with Crippen molar-refractivity contribution in [1.82, 2.24) is 15.1 Å². The molecule has 1 unspecified atom stereocenters. The Balaban J connectivity index is 1.86. The first-order valence-electron chi connectivity index (χ1n) is 11.1. The van der Waals surface area contributed by atoms with Gasteiger partial charge in [-0.05, 0) is 43.2 Å². The number of carbonyl (C=O) groups is 2. The van der Waals surface area contributed by atoms with E-state index in [-0.39, 0.29) is 40.1 Å². The van der Waals surface area contributed by atoms with Crippen LogP contribution in [0.15, 0.2) is 18.2 Å². The maximum Gasteiger partial charge on any atom is 0.295 e. The van der Waals surface area contributed by atoms with Gasteiger partial charge >= 0.3 is 0 Å². The molecule has 0 radical (unpaired) electrons. The highest BCUT2D eigenvalue weighted by Gasteiger charge is 2.40. The van der Waals surface area contributed by atoms with E-state index in [0.29, 0.717) is 42.9 Å². The summed E-state index contributed by atoms with van der Waals surface area (Å²) >= 11 is 0. The van der Waals surface area contributed by atoms with Gasteiger partial charge < -0.3 is 10.1 Å². The molecule has 9 heteroatoms. The van der Waals surface area contributed by atoms with Crippen molar-refractivity contribution in [2.24, 2.45) is 5.41 Å². The summed E-state index contributed by atoms with van der Waals surface area (Å²) in [4.78, 5) is 36.9. The Morgan fingerprint density at radius 1 is 1.38 bits per heavy atom. The Morgan fingerprint density at radius 2 is 2.16 bits per heavy atom. The summed E-state index contributed by atoms with van der Waals surface area (Å²) in [6.07, 6.45) is 3.08. The molecule has 9 nitrogen and oxygen atoms in total. The van der Waals surface area contributed by atoms with Gasteiger partial charge in [-0.1, -0.05) is 20.8 Å². The number of aromatic nitrogens is 2. The molecule has 1 N–H and O–H groups in total. The molecule has 170 valence electrons. The second-order valence-corrected chi connectivity index (χ2v) is 9.28. The van der Waals surface area contributed by atoms with E-state index in [1.807, 2.05) is 20.8 Å². The quantitative estimate of drug-likeness (QED) is 0.537. The van der Waals surface area contributed by atoms with Gasteiger partial charge in [0.15, 0.2) is 5.78 Å². The van der Waals surface area contributed by atoms with E-state index in [1.165, 1.54) is 16.8 Å². The summed E-state index contributed by atoms with van der Waals surface area (Å²) in [6, 6.07) is 4.37. The van der Waals surface area contributed by atoms with E-state index in [1.54, 1.807) is 6.07 Å². The number of nitrogens with zero attached hydrogens (tertiary/aromatic N) is 3. The summed E-state index contributed by atoms with van der Waals surface area (Å²) in [5, 5.41) is 19.4. The predicted molar refractivity (Wildman–Crippen MR) is 117 cm³/mol. The molecule has 1 aromatic carbocycles. The topological polar surface area (TPSA) is 116 Å².